The van der Waals surface area contributed by atoms with Crippen LogP contribution in [0.15, 0.2) is 23.8 Å². The van der Waals surface area contributed by atoms with Crippen LogP contribution in [0, 0.1) is 19.8 Å². The maximum atomic E-state index is 11.0. The van der Waals surface area contributed by atoms with Gasteiger partial charge < -0.3 is 10.2 Å². The standard InChI is InChI=1S/C23H34O2/c1-7-8-9-10-19-16(5)22(24)21(23(25)17(19)6)20-13-15(4)11-12-18(20)14(2)3/h13,18,20,24-25H,2,7-12H2,1,3-6H3. The molecule has 0 aromatic heterocycles. The summed E-state index contributed by atoms with van der Waals surface area (Å²) in [5.41, 5.74) is 6.10. The van der Waals surface area contributed by atoms with Crippen LogP contribution in [0.1, 0.15) is 81.0 Å². The van der Waals surface area contributed by atoms with Crippen molar-refractivity contribution >= 4 is 0 Å². The van der Waals surface area contributed by atoms with Crippen LogP contribution in [-0.2, 0) is 6.42 Å². The first-order valence-corrected chi connectivity index (χ1v) is 9.66. The Morgan fingerprint density at radius 2 is 1.72 bits per heavy atom. The number of hydrogen-bond acceptors (Lipinski definition) is 2. The van der Waals surface area contributed by atoms with Crippen LogP contribution < -0.4 is 0 Å². The molecule has 2 unspecified atom stereocenters. The number of aromatic hydroxyl groups is 2. The van der Waals surface area contributed by atoms with Crippen molar-refractivity contribution in [1.29, 1.82) is 0 Å². The minimum Gasteiger partial charge on any atom is -0.507 e. The predicted molar refractivity (Wildman–Crippen MR) is 107 cm³/mol. The Balaban J connectivity index is 2.54. The molecular formula is C23H34O2. The normalized spacial score (nSPS) is 20.4. The Kier molecular flexibility index (Phi) is 6.37. The fourth-order valence-corrected chi connectivity index (χ4v) is 4.23. The molecule has 2 atom stereocenters. The molecule has 0 radical (unpaired) electrons. The van der Waals surface area contributed by atoms with E-state index in [4.69, 9.17) is 0 Å². The molecule has 0 aliphatic heterocycles. The van der Waals surface area contributed by atoms with Gasteiger partial charge in [-0.3, -0.25) is 0 Å². The molecule has 2 rings (SSSR count). The van der Waals surface area contributed by atoms with Crippen LogP contribution in [0.4, 0.5) is 0 Å². The van der Waals surface area contributed by atoms with Gasteiger partial charge in [-0.25, -0.2) is 0 Å². The molecule has 0 heterocycles. The van der Waals surface area contributed by atoms with Gasteiger partial charge in [0.1, 0.15) is 11.5 Å². The second-order valence-electron chi connectivity index (χ2n) is 7.83. The molecule has 0 saturated carbocycles. The maximum absolute atomic E-state index is 11.0. The lowest BCUT2D eigenvalue weighted by molar-refractivity contribution is 0.401. The third-order valence-corrected chi connectivity index (χ3v) is 5.87. The topological polar surface area (TPSA) is 40.5 Å². The molecule has 0 amide bonds. The van der Waals surface area contributed by atoms with Gasteiger partial charge in [-0.05, 0) is 76.0 Å². The molecule has 1 aliphatic carbocycles. The quantitative estimate of drug-likeness (QED) is 0.460. The molecule has 2 N–H and O–H groups in total. The lowest BCUT2D eigenvalue weighted by Crippen LogP contribution is -2.18. The average Bonchev–Trinajstić information content (AvgIpc) is 2.56. The molecular weight excluding hydrogens is 308 g/mol. The molecule has 1 aromatic rings. The summed E-state index contributed by atoms with van der Waals surface area (Å²) in [5, 5.41) is 21.9. The largest absolute Gasteiger partial charge is 0.507 e. The zero-order valence-corrected chi connectivity index (χ0v) is 16.6. The van der Waals surface area contributed by atoms with Crippen molar-refractivity contribution in [2.45, 2.75) is 79.1 Å². The summed E-state index contributed by atoms with van der Waals surface area (Å²) in [4.78, 5) is 0. The Morgan fingerprint density at radius 3 is 2.24 bits per heavy atom. The Morgan fingerprint density at radius 1 is 1.12 bits per heavy atom. The van der Waals surface area contributed by atoms with Gasteiger partial charge in [-0.15, -0.1) is 0 Å². The predicted octanol–water partition coefficient (Wildman–Crippen LogP) is 6.46. The van der Waals surface area contributed by atoms with E-state index in [0.717, 1.165) is 47.9 Å². The second-order valence-corrected chi connectivity index (χ2v) is 7.83. The van der Waals surface area contributed by atoms with Gasteiger partial charge in [0.15, 0.2) is 0 Å². The zero-order chi connectivity index (χ0) is 18.7. The minimum absolute atomic E-state index is 0.00772. The average molecular weight is 343 g/mol. The van der Waals surface area contributed by atoms with Crippen molar-refractivity contribution in [1.82, 2.24) is 0 Å². The maximum Gasteiger partial charge on any atom is 0.126 e. The molecule has 25 heavy (non-hydrogen) atoms. The third kappa shape index (κ3) is 3.94. The number of phenolic OH excluding ortho intramolecular Hbond substituents is 2. The van der Waals surface area contributed by atoms with Gasteiger partial charge >= 0.3 is 0 Å². The molecule has 0 saturated heterocycles. The summed E-state index contributed by atoms with van der Waals surface area (Å²) >= 11 is 0. The van der Waals surface area contributed by atoms with Crippen LogP contribution in [0.3, 0.4) is 0 Å². The van der Waals surface area contributed by atoms with Crippen LogP contribution in [-0.4, -0.2) is 10.2 Å². The molecule has 2 nitrogen and oxygen atoms in total. The number of unbranched alkanes of at least 4 members (excludes halogenated alkanes) is 2. The number of phenols is 2. The van der Waals surface area contributed by atoms with Crippen molar-refractivity contribution in [3.8, 4) is 11.5 Å². The summed E-state index contributed by atoms with van der Waals surface area (Å²) in [5.74, 6) is 0.826. The van der Waals surface area contributed by atoms with E-state index in [2.05, 4.69) is 33.4 Å². The molecule has 2 heteroatoms. The highest BCUT2D eigenvalue weighted by molar-refractivity contribution is 5.60. The van der Waals surface area contributed by atoms with E-state index < -0.39 is 0 Å². The molecule has 0 fully saturated rings. The highest BCUT2D eigenvalue weighted by Gasteiger charge is 2.32. The number of hydrogen-bond donors (Lipinski definition) is 2. The van der Waals surface area contributed by atoms with E-state index in [1.54, 1.807) is 0 Å². The number of benzene rings is 1. The Bertz CT molecular complexity index is 653. The van der Waals surface area contributed by atoms with Gasteiger partial charge in [0.25, 0.3) is 0 Å². The molecule has 1 aromatic carbocycles. The first-order valence-electron chi connectivity index (χ1n) is 9.66. The summed E-state index contributed by atoms with van der Waals surface area (Å²) in [7, 11) is 0. The van der Waals surface area contributed by atoms with Gasteiger partial charge in [0.2, 0.25) is 0 Å². The highest BCUT2D eigenvalue weighted by atomic mass is 16.3. The molecule has 0 bridgehead atoms. The van der Waals surface area contributed by atoms with Crippen LogP contribution in [0.25, 0.3) is 0 Å². The van der Waals surface area contributed by atoms with E-state index >= 15 is 0 Å². The highest BCUT2D eigenvalue weighted by Crippen LogP contribution is 2.49. The van der Waals surface area contributed by atoms with Crippen molar-refractivity contribution in [2.24, 2.45) is 5.92 Å². The summed E-state index contributed by atoms with van der Waals surface area (Å²) in [6.07, 6.45) is 8.64. The van der Waals surface area contributed by atoms with E-state index in [-0.39, 0.29) is 23.3 Å². The third-order valence-electron chi connectivity index (χ3n) is 5.87. The zero-order valence-electron chi connectivity index (χ0n) is 16.6. The van der Waals surface area contributed by atoms with Crippen molar-refractivity contribution in [3.05, 3.63) is 46.1 Å². The lowest BCUT2D eigenvalue weighted by atomic mass is 9.72. The SMILES string of the molecule is C=C(C)C1CCC(C)=CC1c1c(O)c(C)c(CCCCC)c(C)c1O. The Labute approximate surface area is 153 Å². The Hall–Kier alpha value is -1.70. The van der Waals surface area contributed by atoms with Crippen LogP contribution in [0.5, 0.6) is 11.5 Å². The fourth-order valence-electron chi connectivity index (χ4n) is 4.23. The van der Waals surface area contributed by atoms with E-state index in [0.29, 0.717) is 5.56 Å². The van der Waals surface area contributed by atoms with Gasteiger partial charge in [0, 0.05) is 11.5 Å². The van der Waals surface area contributed by atoms with E-state index in [9.17, 15) is 10.2 Å². The van der Waals surface area contributed by atoms with E-state index in [1.165, 1.54) is 18.4 Å². The van der Waals surface area contributed by atoms with Crippen molar-refractivity contribution < 1.29 is 10.2 Å². The van der Waals surface area contributed by atoms with Gasteiger partial charge in [-0.1, -0.05) is 43.6 Å². The summed E-state index contributed by atoms with van der Waals surface area (Å²) in [6.45, 7) is 14.5. The first kappa shape index (κ1) is 19.6. The van der Waals surface area contributed by atoms with Crippen LogP contribution >= 0.6 is 0 Å². The number of allylic oxidation sites excluding steroid dienone is 3. The molecule has 1 aliphatic rings. The first-order chi connectivity index (χ1) is 11.8. The van der Waals surface area contributed by atoms with Crippen molar-refractivity contribution in [3.63, 3.8) is 0 Å². The van der Waals surface area contributed by atoms with Gasteiger partial charge in [0.05, 0.1) is 0 Å². The fraction of sp³-hybridized carbons (Fsp3) is 0.565. The van der Waals surface area contributed by atoms with Gasteiger partial charge in [-0.2, -0.15) is 0 Å². The smallest absolute Gasteiger partial charge is 0.126 e. The van der Waals surface area contributed by atoms with Crippen molar-refractivity contribution in [2.75, 3.05) is 0 Å². The molecule has 138 valence electrons. The lowest BCUT2D eigenvalue weighted by Gasteiger charge is -2.32. The number of rotatable bonds is 6. The summed E-state index contributed by atoms with van der Waals surface area (Å²) < 4.78 is 0. The minimum atomic E-state index is 0.00772. The monoisotopic (exact) mass is 342 g/mol. The van der Waals surface area contributed by atoms with Crippen LogP contribution in [0.2, 0.25) is 0 Å². The second kappa shape index (κ2) is 8.12. The van der Waals surface area contributed by atoms with E-state index in [1.807, 2.05) is 13.8 Å². The summed E-state index contributed by atoms with van der Waals surface area (Å²) in [6, 6.07) is 0. The molecule has 0 spiro atoms.